The lowest BCUT2D eigenvalue weighted by Gasteiger charge is -2.23. The van der Waals surface area contributed by atoms with Crippen molar-refractivity contribution in [1.82, 2.24) is 5.32 Å². The molecule has 1 N–H and O–H groups in total. The van der Waals surface area contributed by atoms with Crippen LogP contribution in [0.5, 0.6) is 0 Å². The molecule has 0 atom stereocenters. The van der Waals surface area contributed by atoms with Gasteiger partial charge in [-0.25, -0.2) is 4.99 Å². The molecule has 3 aliphatic rings. The number of thiophene rings is 1. The van der Waals surface area contributed by atoms with Gasteiger partial charge in [-0.15, -0.1) is 11.3 Å². The van der Waals surface area contributed by atoms with Crippen molar-refractivity contribution in [3.8, 4) is 0 Å². The standard InChI is InChI=1S/C27H35N3OS/c1-19-17-22(30-15-7-8-16-30)14-13-20(19)18-28-27-25(23-11-5-6-12-24(23)32-27)26(31)29-21-9-3-2-4-10-21/h13-14,17-18,21H,2-12,15-16H2,1H3,(H,29,31). The number of carbonyl (C=O) groups is 1. The predicted octanol–water partition coefficient (Wildman–Crippen LogP) is 6.35. The quantitative estimate of drug-likeness (QED) is 0.541. The Morgan fingerprint density at radius 1 is 1.06 bits per heavy atom. The number of amides is 1. The average molecular weight is 450 g/mol. The predicted molar refractivity (Wildman–Crippen MR) is 135 cm³/mol. The normalized spacial score (nSPS) is 19.5. The van der Waals surface area contributed by atoms with E-state index >= 15 is 0 Å². The Kier molecular flexibility index (Phi) is 6.63. The minimum Gasteiger partial charge on any atom is -0.372 e. The molecule has 2 heterocycles. The number of aliphatic imine (C=N–C) groups is 1. The number of fused-ring (bicyclic) bond motifs is 1. The number of nitrogens with zero attached hydrogens (tertiary/aromatic N) is 2. The van der Waals surface area contributed by atoms with E-state index < -0.39 is 0 Å². The fourth-order valence-corrected chi connectivity index (χ4v) is 6.72. The molecule has 5 heteroatoms. The van der Waals surface area contributed by atoms with Crippen molar-refractivity contribution in [2.45, 2.75) is 83.6 Å². The minimum absolute atomic E-state index is 0.101. The van der Waals surface area contributed by atoms with Crippen molar-refractivity contribution in [2.24, 2.45) is 4.99 Å². The highest BCUT2D eigenvalue weighted by atomic mass is 32.1. The van der Waals surface area contributed by atoms with Crippen LogP contribution in [0.4, 0.5) is 10.7 Å². The van der Waals surface area contributed by atoms with E-state index in [1.807, 2.05) is 6.21 Å². The summed E-state index contributed by atoms with van der Waals surface area (Å²) in [6, 6.07) is 7.01. The number of aryl methyl sites for hydroxylation is 2. The van der Waals surface area contributed by atoms with Crippen LogP contribution in [0.25, 0.3) is 0 Å². The number of nitrogens with one attached hydrogen (secondary N) is 1. The Bertz CT molecular complexity index is 997. The summed E-state index contributed by atoms with van der Waals surface area (Å²) in [6.07, 6.45) is 15.0. The monoisotopic (exact) mass is 449 g/mol. The van der Waals surface area contributed by atoms with Gasteiger partial charge in [0, 0.05) is 35.9 Å². The van der Waals surface area contributed by atoms with Gasteiger partial charge in [0.05, 0.1) is 5.56 Å². The van der Waals surface area contributed by atoms with E-state index in [0.717, 1.165) is 54.9 Å². The molecule has 2 fully saturated rings. The maximum absolute atomic E-state index is 13.4. The van der Waals surface area contributed by atoms with Crippen LogP contribution in [0.15, 0.2) is 23.2 Å². The van der Waals surface area contributed by atoms with Gasteiger partial charge in [-0.05, 0) is 87.1 Å². The third kappa shape index (κ3) is 4.63. The highest BCUT2D eigenvalue weighted by molar-refractivity contribution is 7.16. The SMILES string of the molecule is Cc1cc(N2CCCC2)ccc1C=Nc1sc2c(c1C(=O)NC1CCCCC1)CCCC2. The first-order chi connectivity index (χ1) is 15.7. The van der Waals surface area contributed by atoms with E-state index in [9.17, 15) is 4.79 Å². The molecule has 1 aromatic heterocycles. The van der Waals surface area contributed by atoms with Crippen LogP contribution < -0.4 is 10.2 Å². The summed E-state index contributed by atoms with van der Waals surface area (Å²) < 4.78 is 0. The molecular weight excluding hydrogens is 414 g/mol. The second kappa shape index (κ2) is 9.78. The summed E-state index contributed by atoms with van der Waals surface area (Å²) in [7, 11) is 0. The first-order valence-corrected chi connectivity index (χ1v) is 13.4. The number of hydrogen-bond donors (Lipinski definition) is 1. The molecule has 170 valence electrons. The topological polar surface area (TPSA) is 44.7 Å². The number of benzene rings is 1. The highest BCUT2D eigenvalue weighted by Gasteiger charge is 2.27. The smallest absolute Gasteiger partial charge is 0.254 e. The van der Waals surface area contributed by atoms with E-state index in [4.69, 9.17) is 4.99 Å². The van der Waals surface area contributed by atoms with Crippen LogP contribution in [0.3, 0.4) is 0 Å². The van der Waals surface area contributed by atoms with Crippen molar-refractivity contribution < 1.29 is 4.79 Å². The van der Waals surface area contributed by atoms with E-state index in [1.54, 1.807) is 11.3 Å². The molecule has 0 bridgehead atoms. The van der Waals surface area contributed by atoms with Crippen molar-refractivity contribution in [3.63, 3.8) is 0 Å². The van der Waals surface area contributed by atoms with Crippen LogP contribution in [-0.4, -0.2) is 31.3 Å². The van der Waals surface area contributed by atoms with Crippen LogP contribution in [0.2, 0.25) is 0 Å². The largest absolute Gasteiger partial charge is 0.372 e. The average Bonchev–Trinajstić information content (AvgIpc) is 3.47. The molecule has 4 nitrogen and oxygen atoms in total. The first kappa shape index (κ1) is 21.7. The molecule has 0 radical (unpaired) electrons. The van der Waals surface area contributed by atoms with E-state index in [2.05, 4.69) is 35.3 Å². The molecule has 5 rings (SSSR count). The van der Waals surface area contributed by atoms with Gasteiger partial charge < -0.3 is 10.2 Å². The van der Waals surface area contributed by atoms with Gasteiger partial charge in [0.15, 0.2) is 0 Å². The second-order valence-corrected chi connectivity index (χ2v) is 10.8. The van der Waals surface area contributed by atoms with E-state index in [-0.39, 0.29) is 5.91 Å². The highest BCUT2D eigenvalue weighted by Crippen LogP contribution is 2.40. The lowest BCUT2D eigenvalue weighted by atomic mass is 9.93. The summed E-state index contributed by atoms with van der Waals surface area (Å²) >= 11 is 1.73. The Morgan fingerprint density at radius 2 is 1.84 bits per heavy atom. The third-order valence-corrected chi connectivity index (χ3v) is 8.57. The fourth-order valence-electron chi connectivity index (χ4n) is 5.49. The second-order valence-electron chi connectivity index (χ2n) is 9.69. The van der Waals surface area contributed by atoms with Crippen molar-refractivity contribution in [2.75, 3.05) is 18.0 Å². The lowest BCUT2D eigenvalue weighted by Crippen LogP contribution is -2.36. The lowest BCUT2D eigenvalue weighted by molar-refractivity contribution is 0.0927. The summed E-state index contributed by atoms with van der Waals surface area (Å²) in [4.78, 5) is 22.1. The van der Waals surface area contributed by atoms with Gasteiger partial charge in [-0.1, -0.05) is 25.3 Å². The molecule has 1 saturated heterocycles. The van der Waals surface area contributed by atoms with Gasteiger partial charge in [0.25, 0.3) is 5.91 Å². The summed E-state index contributed by atoms with van der Waals surface area (Å²) in [5.74, 6) is 0.101. The molecule has 1 aliphatic heterocycles. The number of hydrogen-bond acceptors (Lipinski definition) is 4. The van der Waals surface area contributed by atoms with Crippen molar-refractivity contribution in [3.05, 3.63) is 45.3 Å². The van der Waals surface area contributed by atoms with Gasteiger partial charge >= 0.3 is 0 Å². The maximum atomic E-state index is 13.4. The zero-order valence-corrected chi connectivity index (χ0v) is 20.1. The van der Waals surface area contributed by atoms with Crippen LogP contribution >= 0.6 is 11.3 Å². The Labute approximate surface area is 196 Å². The van der Waals surface area contributed by atoms with E-state index in [1.165, 1.54) is 66.6 Å². The number of anilines is 1. The zero-order chi connectivity index (χ0) is 21.9. The molecule has 1 aromatic carbocycles. The van der Waals surface area contributed by atoms with Gasteiger partial charge in [-0.2, -0.15) is 0 Å². The fraction of sp³-hybridized carbons (Fsp3) is 0.556. The van der Waals surface area contributed by atoms with Gasteiger partial charge in [0.1, 0.15) is 5.00 Å². The molecule has 1 saturated carbocycles. The first-order valence-electron chi connectivity index (χ1n) is 12.5. The molecule has 2 aliphatic carbocycles. The van der Waals surface area contributed by atoms with Crippen LogP contribution in [0.1, 0.15) is 89.7 Å². The number of rotatable bonds is 5. The molecule has 32 heavy (non-hydrogen) atoms. The zero-order valence-electron chi connectivity index (χ0n) is 19.3. The van der Waals surface area contributed by atoms with Crippen LogP contribution in [-0.2, 0) is 12.8 Å². The Morgan fingerprint density at radius 3 is 2.62 bits per heavy atom. The Balaban J connectivity index is 1.39. The minimum atomic E-state index is 0.101. The van der Waals surface area contributed by atoms with Crippen LogP contribution in [0, 0.1) is 6.92 Å². The molecule has 2 aromatic rings. The van der Waals surface area contributed by atoms with E-state index in [0.29, 0.717) is 6.04 Å². The maximum Gasteiger partial charge on any atom is 0.254 e. The molecule has 1 amide bonds. The summed E-state index contributed by atoms with van der Waals surface area (Å²) in [6.45, 7) is 4.48. The third-order valence-electron chi connectivity index (χ3n) is 7.37. The molecule has 0 unspecified atom stereocenters. The molecule has 0 spiro atoms. The Hall–Kier alpha value is -2.14. The number of carbonyl (C=O) groups excluding carboxylic acids is 1. The summed E-state index contributed by atoms with van der Waals surface area (Å²) in [5, 5.41) is 4.24. The van der Waals surface area contributed by atoms with Gasteiger partial charge in [-0.3, -0.25) is 4.79 Å². The van der Waals surface area contributed by atoms with Gasteiger partial charge in [0.2, 0.25) is 0 Å². The van der Waals surface area contributed by atoms with Crippen molar-refractivity contribution in [1.29, 1.82) is 0 Å². The molecular formula is C27H35N3OS. The van der Waals surface area contributed by atoms with Crippen molar-refractivity contribution >= 4 is 34.1 Å². The summed E-state index contributed by atoms with van der Waals surface area (Å²) in [5.41, 5.74) is 5.82.